The zero-order valence-corrected chi connectivity index (χ0v) is 25.9. The van der Waals surface area contributed by atoms with Gasteiger partial charge in [0.05, 0.1) is 35.5 Å². The van der Waals surface area contributed by atoms with Gasteiger partial charge in [-0.2, -0.15) is 9.65 Å². The van der Waals surface area contributed by atoms with Gasteiger partial charge in [0.15, 0.2) is 22.5 Å². The van der Waals surface area contributed by atoms with Gasteiger partial charge in [0, 0.05) is 36.9 Å². The molecule has 240 valence electrons. The summed E-state index contributed by atoms with van der Waals surface area (Å²) in [6.07, 6.45) is 3.18. The van der Waals surface area contributed by atoms with Crippen molar-refractivity contribution in [3.8, 4) is 34.9 Å². The van der Waals surface area contributed by atoms with Crippen LogP contribution in [0.1, 0.15) is 27.0 Å². The van der Waals surface area contributed by atoms with Crippen LogP contribution in [0.5, 0.6) is 28.9 Å². The van der Waals surface area contributed by atoms with Crippen molar-refractivity contribution >= 4 is 23.6 Å². The lowest BCUT2D eigenvalue weighted by molar-refractivity contribution is 0.0695. The Bertz CT molecular complexity index is 2060. The van der Waals surface area contributed by atoms with Gasteiger partial charge in [-0.25, -0.2) is 24.1 Å². The Balaban J connectivity index is 1.30. The molecule has 48 heavy (non-hydrogen) atoms. The fraction of sp³-hybridized carbons (Fsp3) is 0.118. The lowest BCUT2D eigenvalue weighted by Crippen LogP contribution is -2.24. The molecule has 0 saturated carbocycles. The van der Waals surface area contributed by atoms with Gasteiger partial charge in [-0.05, 0) is 47.7 Å². The second-order valence-corrected chi connectivity index (χ2v) is 11.3. The zero-order chi connectivity index (χ0) is 33.6. The molecule has 1 aliphatic heterocycles. The minimum Gasteiger partial charge on any atom is -0.485 e. The second-order valence-electron chi connectivity index (χ2n) is 10.3. The molecule has 0 saturated heterocycles. The standard InChI is InChI=1S/C34H24F2N6O5S/c1-42-12-11-38-31(42)24-14-23(48-34-40-16-22(17-41-34)33(43)44)8-10-26(24)46-30-25(35)18-39-32(29(30)36)47-28-13-21(15-37)7-9-27(28)45-19-20-5-3-2-4-6-20/h2-10,13-14,16-18H,11-12,19H2,1H3,(H,43,44). The molecule has 2 aromatic heterocycles. The maximum atomic E-state index is 16.0. The first-order valence-electron chi connectivity index (χ1n) is 14.3. The summed E-state index contributed by atoms with van der Waals surface area (Å²) >= 11 is 1.16. The van der Waals surface area contributed by atoms with Crippen molar-refractivity contribution < 1.29 is 32.9 Å². The molecule has 0 atom stereocenters. The Morgan fingerprint density at radius 3 is 2.46 bits per heavy atom. The van der Waals surface area contributed by atoms with Gasteiger partial charge in [-0.3, -0.25) is 4.99 Å². The van der Waals surface area contributed by atoms with E-state index in [0.29, 0.717) is 34.5 Å². The number of nitrogens with zero attached hydrogens (tertiary/aromatic N) is 6. The third-order valence-corrected chi connectivity index (χ3v) is 7.85. The van der Waals surface area contributed by atoms with E-state index in [0.717, 1.165) is 23.5 Å². The predicted molar refractivity (Wildman–Crippen MR) is 170 cm³/mol. The highest BCUT2D eigenvalue weighted by Crippen LogP contribution is 2.39. The molecular formula is C34H24F2N6O5S. The highest BCUT2D eigenvalue weighted by atomic mass is 32.2. The number of aromatic nitrogens is 3. The molecule has 0 unspecified atom stereocenters. The average Bonchev–Trinajstić information content (AvgIpc) is 3.53. The Morgan fingerprint density at radius 1 is 0.979 bits per heavy atom. The van der Waals surface area contributed by atoms with Gasteiger partial charge >= 0.3 is 5.97 Å². The molecular weight excluding hydrogens is 642 g/mol. The number of nitriles is 1. The van der Waals surface area contributed by atoms with Crippen LogP contribution in [-0.2, 0) is 6.61 Å². The zero-order valence-electron chi connectivity index (χ0n) is 25.1. The third kappa shape index (κ3) is 7.16. The van der Waals surface area contributed by atoms with E-state index in [2.05, 4.69) is 19.9 Å². The summed E-state index contributed by atoms with van der Waals surface area (Å²) in [5.41, 5.74) is 1.49. The molecule has 0 fully saturated rings. The highest BCUT2D eigenvalue weighted by molar-refractivity contribution is 7.99. The highest BCUT2D eigenvalue weighted by Gasteiger charge is 2.25. The van der Waals surface area contributed by atoms with Crippen molar-refractivity contribution in [3.63, 3.8) is 0 Å². The number of pyridine rings is 1. The third-order valence-electron chi connectivity index (χ3n) is 6.96. The van der Waals surface area contributed by atoms with Crippen LogP contribution in [0.15, 0.2) is 100 Å². The van der Waals surface area contributed by atoms with E-state index in [4.69, 9.17) is 19.3 Å². The van der Waals surface area contributed by atoms with Gasteiger partial charge < -0.3 is 24.2 Å². The summed E-state index contributed by atoms with van der Waals surface area (Å²) in [5.74, 6) is -3.96. The summed E-state index contributed by atoms with van der Waals surface area (Å²) in [5, 5.41) is 18.9. The fourth-order valence-corrected chi connectivity index (χ4v) is 5.30. The first-order chi connectivity index (χ1) is 23.3. The summed E-state index contributed by atoms with van der Waals surface area (Å²) in [6.45, 7) is 1.30. The number of rotatable bonds is 11. The minimum absolute atomic E-state index is 0.00320. The van der Waals surface area contributed by atoms with E-state index in [-0.39, 0.29) is 35.0 Å². The molecule has 3 heterocycles. The van der Waals surface area contributed by atoms with E-state index < -0.39 is 29.2 Å². The van der Waals surface area contributed by atoms with Crippen LogP contribution in [0.3, 0.4) is 0 Å². The number of hydrogen-bond acceptors (Lipinski definition) is 11. The predicted octanol–water partition coefficient (Wildman–Crippen LogP) is 6.73. The van der Waals surface area contributed by atoms with Crippen molar-refractivity contribution in [1.82, 2.24) is 19.9 Å². The number of amidine groups is 1. The Kier molecular flexibility index (Phi) is 9.40. The van der Waals surface area contributed by atoms with E-state index in [1.807, 2.05) is 48.3 Å². The van der Waals surface area contributed by atoms with E-state index in [1.54, 1.807) is 12.1 Å². The number of carboxylic acid groups (broad SMARTS) is 1. The van der Waals surface area contributed by atoms with Gasteiger partial charge in [0.2, 0.25) is 11.6 Å². The number of hydrogen-bond donors (Lipinski definition) is 1. The van der Waals surface area contributed by atoms with Crippen molar-refractivity contribution in [2.75, 3.05) is 20.1 Å². The maximum absolute atomic E-state index is 16.0. The maximum Gasteiger partial charge on any atom is 0.338 e. The van der Waals surface area contributed by atoms with Crippen molar-refractivity contribution in [1.29, 1.82) is 5.26 Å². The summed E-state index contributed by atoms with van der Waals surface area (Å²) < 4.78 is 48.6. The number of halogens is 2. The Morgan fingerprint density at radius 2 is 1.75 bits per heavy atom. The lowest BCUT2D eigenvalue weighted by Gasteiger charge is -2.19. The van der Waals surface area contributed by atoms with Gasteiger partial charge in [-0.15, -0.1) is 0 Å². The first kappa shape index (κ1) is 31.9. The van der Waals surface area contributed by atoms with Crippen LogP contribution < -0.4 is 14.2 Å². The van der Waals surface area contributed by atoms with Crippen LogP contribution in [0.2, 0.25) is 0 Å². The molecule has 11 nitrogen and oxygen atoms in total. The molecule has 14 heteroatoms. The van der Waals surface area contributed by atoms with Crippen LogP contribution in [0, 0.1) is 23.0 Å². The number of ether oxygens (including phenoxy) is 3. The number of carbonyl (C=O) groups is 1. The molecule has 1 N–H and O–H groups in total. The molecule has 6 rings (SSSR count). The SMILES string of the molecule is CN1CCN=C1c1cc(Sc2ncc(C(=O)O)cn2)ccc1Oc1c(F)cnc(Oc2cc(C#N)ccc2OCc2ccccc2)c1F. The normalized spacial score (nSPS) is 12.3. The van der Waals surface area contributed by atoms with Gasteiger partial charge in [-0.1, -0.05) is 30.3 Å². The molecule has 1 aliphatic rings. The number of aromatic carboxylic acids is 1. The van der Waals surface area contributed by atoms with Gasteiger partial charge in [0.25, 0.3) is 5.88 Å². The van der Waals surface area contributed by atoms with E-state index in [1.165, 1.54) is 36.7 Å². The summed E-state index contributed by atoms with van der Waals surface area (Å²) in [4.78, 5) is 30.2. The Hall–Kier alpha value is -6.07. The number of benzene rings is 3. The minimum atomic E-state index is -1.22. The number of aliphatic imine (C=N–C) groups is 1. The summed E-state index contributed by atoms with van der Waals surface area (Å²) in [7, 11) is 1.83. The molecule has 0 amide bonds. The molecule has 0 spiro atoms. The largest absolute Gasteiger partial charge is 0.485 e. The van der Waals surface area contributed by atoms with Crippen LogP contribution in [0.4, 0.5) is 8.78 Å². The van der Waals surface area contributed by atoms with Crippen LogP contribution in [0.25, 0.3) is 0 Å². The van der Waals surface area contributed by atoms with Crippen molar-refractivity contribution in [3.05, 3.63) is 119 Å². The lowest BCUT2D eigenvalue weighted by atomic mass is 10.1. The molecule has 0 radical (unpaired) electrons. The first-order valence-corrected chi connectivity index (χ1v) is 15.1. The number of carboxylic acids is 1. The summed E-state index contributed by atoms with van der Waals surface area (Å²) in [6, 6.07) is 20.6. The second kappa shape index (κ2) is 14.1. The quantitative estimate of drug-likeness (QED) is 0.150. The monoisotopic (exact) mass is 666 g/mol. The average molecular weight is 667 g/mol. The molecule has 0 bridgehead atoms. The van der Waals surface area contributed by atoms with Crippen LogP contribution in [-0.4, -0.2) is 56.9 Å². The van der Waals surface area contributed by atoms with Crippen molar-refractivity contribution in [2.45, 2.75) is 16.7 Å². The Labute approximate surface area is 277 Å². The van der Waals surface area contributed by atoms with Crippen LogP contribution >= 0.6 is 11.8 Å². The van der Waals surface area contributed by atoms with Gasteiger partial charge in [0.1, 0.15) is 18.2 Å². The topological polar surface area (TPSA) is 143 Å². The smallest absolute Gasteiger partial charge is 0.338 e. The molecule has 0 aliphatic carbocycles. The van der Waals surface area contributed by atoms with E-state index in [9.17, 15) is 10.1 Å². The molecule has 3 aromatic carbocycles. The number of likely N-dealkylation sites (N-methyl/N-ethyl adjacent to an activating group) is 1. The van der Waals surface area contributed by atoms with E-state index >= 15 is 8.78 Å². The van der Waals surface area contributed by atoms with Crippen molar-refractivity contribution in [2.24, 2.45) is 4.99 Å². The fourth-order valence-electron chi connectivity index (χ4n) is 4.57. The molecule has 5 aromatic rings.